The first-order valence-corrected chi connectivity index (χ1v) is 10.4. The molecule has 0 spiro atoms. The quantitative estimate of drug-likeness (QED) is 0.848. The first-order valence-electron chi connectivity index (χ1n) is 8.94. The standard InChI is InChI=1S/C20H24N2O3S/c1-2-22(26(24,25)17-11-4-3-5-12-17)15-20(23)21-19-14-8-10-16-9-6-7-13-18(16)19/h3-7,9,11-13,19H,2,8,10,14-15H2,1H3,(H,21,23)/t19-/m1/s1. The Balaban J connectivity index is 1.71. The van der Waals surface area contributed by atoms with E-state index in [4.69, 9.17) is 0 Å². The van der Waals surface area contributed by atoms with Crippen LogP contribution in [0.2, 0.25) is 0 Å². The van der Waals surface area contributed by atoms with Crippen molar-refractivity contribution in [3.05, 3.63) is 65.7 Å². The first kappa shape index (κ1) is 18.6. The van der Waals surface area contributed by atoms with Gasteiger partial charge in [-0.2, -0.15) is 4.31 Å². The van der Waals surface area contributed by atoms with Gasteiger partial charge < -0.3 is 5.32 Å². The van der Waals surface area contributed by atoms with Gasteiger partial charge in [0.2, 0.25) is 15.9 Å². The fraction of sp³-hybridized carbons (Fsp3) is 0.350. The Bertz CT molecular complexity index is 866. The molecule has 0 bridgehead atoms. The number of carbonyl (C=O) groups is 1. The van der Waals surface area contributed by atoms with Crippen molar-refractivity contribution in [2.24, 2.45) is 0 Å². The number of likely N-dealkylation sites (N-methyl/N-ethyl adjacent to an activating group) is 1. The van der Waals surface area contributed by atoms with E-state index in [1.807, 2.05) is 18.2 Å². The number of aryl methyl sites for hydroxylation is 1. The summed E-state index contributed by atoms with van der Waals surface area (Å²) in [5.74, 6) is -0.270. The van der Waals surface area contributed by atoms with E-state index in [0.717, 1.165) is 24.8 Å². The lowest BCUT2D eigenvalue weighted by Gasteiger charge is -2.27. The van der Waals surface area contributed by atoms with E-state index >= 15 is 0 Å². The third-order valence-electron chi connectivity index (χ3n) is 4.76. The summed E-state index contributed by atoms with van der Waals surface area (Å²) < 4.78 is 26.7. The lowest BCUT2D eigenvalue weighted by Crippen LogP contribution is -2.42. The van der Waals surface area contributed by atoms with Gasteiger partial charge in [-0.05, 0) is 42.5 Å². The summed E-state index contributed by atoms with van der Waals surface area (Å²) in [4.78, 5) is 12.8. The minimum atomic E-state index is -3.68. The topological polar surface area (TPSA) is 66.5 Å². The minimum absolute atomic E-state index is 0.0504. The summed E-state index contributed by atoms with van der Waals surface area (Å²) in [5, 5.41) is 3.02. The molecule has 0 aliphatic heterocycles. The second-order valence-corrected chi connectivity index (χ2v) is 8.39. The molecule has 1 atom stereocenters. The van der Waals surface area contributed by atoms with Crippen molar-refractivity contribution in [3.8, 4) is 0 Å². The fourth-order valence-corrected chi connectivity index (χ4v) is 4.84. The van der Waals surface area contributed by atoms with Gasteiger partial charge >= 0.3 is 0 Å². The van der Waals surface area contributed by atoms with Gasteiger partial charge in [0.1, 0.15) is 0 Å². The molecule has 0 heterocycles. The average Bonchev–Trinajstić information content (AvgIpc) is 2.67. The molecule has 1 N–H and O–H groups in total. The number of nitrogens with zero attached hydrogens (tertiary/aromatic N) is 1. The summed E-state index contributed by atoms with van der Waals surface area (Å²) >= 11 is 0. The molecule has 0 aromatic heterocycles. The van der Waals surface area contributed by atoms with Crippen LogP contribution in [0.5, 0.6) is 0 Å². The van der Waals surface area contributed by atoms with Crippen LogP contribution < -0.4 is 5.32 Å². The fourth-order valence-electron chi connectivity index (χ4n) is 3.41. The molecule has 6 heteroatoms. The molecule has 1 amide bonds. The third-order valence-corrected chi connectivity index (χ3v) is 6.69. The lowest BCUT2D eigenvalue weighted by atomic mass is 9.88. The van der Waals surface area contributed by atoms with E-state index in [1.165, 1.54) is 9.87 Å². The van der Waals surface area contributed by atoms with Gasteiger partial charge in [0, 0.05) is 6.54 Å². The van der Waals surface area contributed by atoms with E-state index in [2.05, 4.69) is 11.4 Å². The van der Waals surface area contributed by atoms with Crippen molar-refractivity contribution in [2.45, 2.75) is 37.1 Å². The maximum absolute atomic E-state index is 12.7. The van der Waals surface area contributed by atoms with E-state index in [-0.39, 0.29) is 29.9 Å². The predicted molar refractivity (Wildman–Crippen MR) is 101 cm³/mol. The van der Waals surface area contributed by atoms with Gasteiger partial charge in [0.25, 0.3) is 0 Å². The zero-order valence-corrected chi connectivity index (χ0v) is 15.7. The first-order chi connectivity index (χ1) is 12.5. The van der Waals surface area contributed by atoms with Gasteiger partial charge in [0.05, 0.1) is 17.5 Å². The molecule has 0 radical (unpaired) electrons. The number of carbonyl (C=O) groups excluding carboxylic acids is 1. The number of amides is 1. The van der Waals surface area contributed by atoms with E-state index in [9.17, 15) is 13.2 Å². The van der Waals surface area contributed by atoms with Gasteiger partial charge in [-0.15, -0.1) is 0 Å². The SMILES string of the molecule is CCN(CC(=O)N[C@@H]1CCCc2ccccc21)S(=O)(=O)c1ccccc1. The van der Waals surface area contributed by atoms with Crippen molar-refractivity contribution in [1.82, 2.24) is 9.62 Å². The van der Waals surface area contributed by atoms with Crippen LogP contribution in [-0.4, -0.2) is 31.7 Å². The van der Waals surface area contributed by atoms with Gasteiger partial charge in [-0.1, -0.05) is 49.4 Å². The number of nitrogens with one attached hydrogen (secondary N) is 1. The molecule has 3 rings (SSSR count). The highest BCUT2D eigenvalue weighted by molar-refractivity contribution is 7.89. The van der Waals surface area contributed by atoms with Crippen LogP contribution in [0.15, 0.2) is 59.5 Å². The van der Waals surface area contributed by atoms with Gasteiger partial charge in [-0.25, -0.2) is 8.42 Å². The molecule has 0 unspecified atom stereocenters. The van der Waals surface area contributed by atoms with Crippen LogP contribution in [0.25, 0.3) is 0 Å². The molecule has 0 fully saturated rings. The maximum atomic E-state index is 12.7. The predicted octanol–water partition coefficient (Wildman–Crippen LogP) is 2.89. The Morgan fingerprint density at radius 2 is 1.81 bits per heavy atom. The number of rotatable bonds is 6. The molecular formula is C20H24N2O3S. The summed E-state index contributed by atoms with van der Waals surface area (Å²) in [6.07, 6.45) is 2.91. The lowest BCUT2D eigenvalue weighted by molar-refractivity contribution is -0.122. The summed E-state index contributed by atoms with van der Waals surface area (Å²) in [6, 6.07) is 16.3. The van der Waals surface area contributed by atoms with Crippen molar-refractivity contribution in [3.63, 3.8) is 0 Å². The molecule has 2 aromatic rings. The monoisotopic (exact) mass is 372 g/mol. The van der Waals surface area contributed by atoms with E-state index < -0.39 is 10.0 Å². The average molecular weight is 372 g/mol. The van der Waals surface area contributed by atoms with Gasteiger partial charge in [-0.3, -0.25) is 4.79 Å². The molecule has 2 aromatic carbocycles. The van der Waals surface area contributed by atoms with Crippen LogP contribution in [0, 0.1) is 0 Å². The Morgan fingerprint density at radius 3 is 2.54 bits per heavy atom. The zero-order valence-electron chi connectivity index (χ0n) is 14.9. The van der Waals surface area contributed by atoms with Crippen LogP contribution in [0.4, 0.5) is 0 Å². The Kier molecular flexibility index (Phi) is 5.74. The van der Waals surface area contributed by atoms with Crippen LogP contribution >= 0.6 is 0 Å². The summed E-state index contributed by atoms with van der Waals surface area (Å²) in [5.41, 5.74) is 2.40. The maximum Gasteiger partial charge on any atom is 0.243 e. The highest BCUT2D eigenvalue weighted by atomic mass is 32.2. The van der Waals surface area contributed by atoms with E-state index in [1.54, 1.807) is 37.3 Å². The molecule has 26 heavy (non-hydrogen) atoms. The smallest absolute Gasteiger partial charge is 0.243 e. The summed E-state index contributed by atoms with van der Waals surface area (Å²) in [7, 11) is -3.68. The number of hydrogen-bond acceptors (Lipinski definition) is 3. The molecular weight excluding hydrogens is 348 g/mol. The largest absolute Gasteiger partial charge is 0.348 e. The molecule has 1 aliphatic rings. The van der Waals surface area contributed by atoms with Crippen LogP contribution in [-0.2, 0) is 21.2 Å². The molecule has 138 valence electrons. The second-order valence-electron chi connectivity index (χ2n) is 6.46. The van der Waals surface area contributed by atoms with Crippen molar-refractivity contribution in [1.29, 1.82) is 0 Å². The highest BCUT2D eigenvalue weighted by Gasteiger charge is 2.27. The Morgan fingerprint density at radius 1 is 1.12 bits per heavy atom. The zero-order chi connectivity index (χ0) is 18.6. The van der Waals surface area contributed by atoms with Crippen molar-refractivity contribution >= 4 is 15.9 Å². The van der Waals surface area contributed by atoms with Crippen LogP contribution in [0.1, 0.15) is 36.9 Å². The summed E-state index contributed by atoms with van der Waals surface area (Å²) in [6.45, 7) is 1.81. The van der Waals surface area contributed by atoms with Crippen molar-refractivity contribution in [2.75, 3.05) is 13.1 Å². The molecule has 5 nitrogen and oxygen atoms in total. The number of sulfonamides is 1. The second kappa shape index (κ2) is 8.01. The normalized spacial score (nSPS) is 16.9. The van der Waals surface area contributed by atoms with E-state index in [0.29, 0.717) is 0 Å². The highest BCUT2D eigenvalue weighted by Crippen LogP contribution is 2.29. The Hall–Kier alpha value is -2.18. The number of fused-ring (bicyclic) bond motifs is 1. The minimum Gasteiger partial charge on any atom is -0.348 e. The van der Waals surface area contributed by atoms with Crippen molar-refractivity contribution < 1.29 is 13.2 Å². The third kappa shape index (κ3) is 3.97. The Labute approximate surface area is 155 Å². The van der Waals surface area contributed by atoms with Gasteiger partial charge in [0.15, 0.2) is 0 Å². The number of hydrogen-bond donors (Lipinski definition) is 1. The molecule has 0 saturated carbocycles. The molecule has 1 aliphatic carbocycles. The van der Waals surface area contributed by atoms with Crippen LogP contribution in [0.3, 0.4) is 0 Å². The number of benzene rings is 2. The molecule has 0 saturated heterocycles.